The van der Waals surface area contributed by atoms with Crippen LogP contribution < -0.4 is 15.0 Å². The molecule has 1 aromatic heterocycles. The first-order valence-electron chi connectivity index (χ1n) is 11.9. The van der Waals surface area contributed by atoms with Gasteiger partial charge in [0.05, 0.1) is 5.69 Å². The Morgan fingerprint density at radius 2 is 1.78 bits per heavy atom. The van der Waals surface area contributed by atoms with Crippen molar-refractivity contribution in [3.05, 3.63) is 48.2 Å². The summed E-state index contributed by atoms with van der Waals surface area (Å²) in [7, 11) is 0. The number of aromatic nitrogens is 1. The minimum Gasteiger partial charge on any atom is -0.406 e. The maximum Gasteiger partial charge on any atom is 0.573 e. The van der Waals surface area contributed by atoms with E-state index in [1.165, 1.54) is 17.0 Å². The Kier molecular flexibility index (Phi) is 6.09. The molecule has 2 saturated carbocycles. The molecule has 2 aliphatic carbocycles. The number of hydrogen-bond donors (Lipinski definition) is 1. The number of hydrogen-bond acceptors (Lipinski definition) is 5. The van der Waals surface area contributed by atoms with Crippen molar-refractivity contribution in [3.63, 3.8) is 0 Å². The first kappa shape index (κ1) is 24.1. The Hall–Kier alpha value is -3.63. The number of amides is 4. The molecular formula is C25H25F3N4O4. The third-order valence-corrected chi connectivity index (χ3v) is 6.98. The number of ether oxygens (including phenoxy) is 1. The topological polar surface area (TPSA) is 91.8 Å². The standard InChI is InChI=1S/C25H25F3N4O4/c26-25(27,28)36-19-8-6-18(7-9-19)32-22(34)24(11-12-24)31(23(32)35)15-16-10-13-29-20(14-16)30-21(33)17-4-2-1-3-5-17/h6-10,13-14,17H,1-5,11-12,15H2,(H,29,30,33). The minimum atomic E-state index is -4.84. The van der Waals surface area contributed by atoms with Crippen LogP contribution in [0.1, 0.15) is 50.5 Å². The van der Waals surface area contributed by atoms with E-state index in [1.807, 2.05) is 0 Å². The van der Waals surface area contributed by atoms with Gasteiger partial charge in [-0.15, -0.1) is 13.2 Å². The van der Waals surface area contributed by atoms with Crippen LogP contribution in [0, 0.1) is 5.92 Å². The highest BCUT2D eigenvalue weighted by Gasteiger charge is 2.65. The highest BCUT2D eigenvalue weighted by Crippen LogP contribution is 2.49. The summed E-state index contributed by atoms with van der Waals surface area (Å²) in [5, 5.41) is 2.87. The number of nitrogens with zero attached hydrogens (tertiary/aromatic N) is 3. The van der Waals surface area contributed by atoms with Crippen LogP contribution in [0.4, 0.5) is 29.5 Å². The molecule has 0 bridgehead atoms. The summed E-state index contributed by atoms with van der Waals surface area (Å²) in [6.45, 7) is 0.130. The van der Waals surface area contributed by atoms with Gasteiger partial charge >= 0.3 is 12.4 Å². The number of nitrogens with one attached hydrogen (secondary N) is 1. The molecule has 4 amide bonds. The Bertz CT molecular complexity index is 1170. The zero-order valence-corrected chi connectivity index (χ0v) is 19.4. The molecule has 190 valence electrons. The number of carbonyl (C=O) groups is 3. The van der Waals surface area contributed by atoms with Crippen LogP contribution in [-0.4, -0.2) is 39.6 Å². The van der Waals surface area contributed by atoms with Crippen LogP contribution in [0.15, 0.2) is 42.6 Å². The Morgan fingerprint density at radius 3 is 2.42 bits per heavy atom. The Morgan fingerprint density at radius 1 is 1.08 bits per heavy atom. The van der Waals surface area contributed by atoms with E-state index >= 15 is 0 Å². The largest absolute Gasteiger partial charge is 0.573 e. The van der Waals surface area contributed by atoms with Crippen molar-refractivity contribution in [3.8, 4) is 5.75 Å². The smallest absolute Gasteiger partial charge is 0.406 e. The van der Waals surface area contributed by atoms with Crippen LogP contribution >= 0.6 is 0 Å². The molecule has 1 aromatic carbocycles. The highest BCUT2D eigenvalue weighted by molar-refractivity contribution is 6.24. The van der Waals surface area contributed by atoms with Crippen molar-refractivity contribution < 1.29 is 32.3 Å². The summed E-state index contributed by atoms with van der Waals surface area (Å²) in [5.74, 6) is -0.546. The van der Waals surface area contributed by atoms with Crippen LogP contribution in [0.5, 0.6) is 5.75 Å². The first-order chi connectivity index (χ1) is 17.2. The fourth-order valence-electron chi connectivity index (χ4n) is 4.98. The predicted octanol–water partition coefficient (Wildman–Crippen LogP) is 5.00. The van der Waals surface area contributed by atoms with E-state index < -0.39 is 29.6 Å². The average Bonchev–Trinajstić information content (AvgIpc) is 3.62. The van der Waals surface area contributed by atoms with Crippen molar-refractivity contribution in [2.75, 3.05) is 10.2 Å². The fourth-order valence-corrected chi connectivity index (χ4v) is 4.98. The van der Waals surface area contributed by atoms with Crippen molar-refractivity contribution >= 4 is 29.4 Å². The Balaban J connectivity index is 1.30. The number of benzene rings is 1. The van der Waals surface area contributed by atoms with E-state index in [0.29, 0.717) is 24.2 Å². The molecule has 2 heterocycles. The lowest BCUT2D eigenvalue weighted by Gasteiger charge is -2.22. The molecule has 11 heteroatoms. The minimum absolute atomic E-state index is 0.0294. The van der Waals surface area contributed by atoms with Gasteiger partial charge in [-0.05, 0) is 67.6 Å². The van der Waals surface area contributed by atoms with E-state index in [9.17, 15) is 27.6 Å². The molecule has 1 aliphatic heterocycles. The molecular weight excluding hydrogens is 477 g/mol. The van der Waals surface area contributed by atoms with Gasteiger partial charge in [0.1, 0.15) is 17.1 Å². The normalized spacial score (nSPS) is 19.6. The van der Waals surface area contributed by atoms with Gasteiger partial charge in [-0.2, -0.15) is 0 Å². The third kappa shape index (κ3) is 4.74. The molecule has 0 radical (unpaired) electrons. The molecule has 8 nitrogen and oxygen atoms in total. The molecule has 1 N–H and O–H groups in total. The lowest BCUT2D eigenvalue weighted by molar-refractivity contribution is -0.274. The SMILES string of the molecule is O=C(Nc1cc(CN2C(=O)N(c3ccc(OC(F)(F)F)cc3)C(=O)C23CC3)ccn1)C1CCCCC1. The summed E-state index contributed by atoms with van der Waals surface area (Å²) in [6, 6.07) is 7.50. The summed E-state index contributed by atoms with van der Waals surface area (Å²) >= 11 is 0. The summed E-state index contributed by atoms with van der Waals surface area (Å²) in [5.41, 5.74) is -0.0943. The first-order valence-corrected chi connectivity index (χ1v) is 11.9. The predicted molar refractivity (Wildman–Crippen MR) is 123 cm³/mol. The molecule has 0 atom stereocenters. The number of pyridine rings is 1. The molecule has 36 heavy (non-hydrogen) atoms. The van der Waals surface area contributed by atoms with Crippen molar-refractivity contribution in [1.82, 2.24) is 9.88 Å². The second kappa shape index (κ2) is 9.11. The van der Waals surface area contributed by atoms with Gasteiger partial charge in [0.15, 0.2) is 0 Å². The van der Waals surface area contributed by atoms with Crippen LogP contribution in [-0.2, 0) is 16.1 Å². The number of imide groups is 1. The van der Waals surface area contributed by atoms with Gasteiger partial charge < -0.3 is 15.0 Å². The van der Waals surface area contributed by atoms with Crippen molar-refractivity contribution in [1.29, 1.82) is 0 Å². The number of halogens is 3. The molecule has 1 saturated heterocycles. The summed E-state index contributed by atoms with van der Waals surface area (Å²) < 4.78 is 41.2. The number of anilines is 2. The van der Waals surface area contributed by atoms with E-state index in [2.05, 4.69) is 15.0 Å². The van der Waals surface area contributed by atoms with E-state index in [-0.39, 0.29) is 24.1 Å². The zero-order valence-electron chi connectivity index (χ0n) is 19.4. The lowest BCUT2D eigenvalue weighted by Crippen LogP contribution is -2.36. The highest BCUT2D eigenvalue weighted by atomic mass is 19.4. The van der Waals surface area contributed by atoms with E-state index in [0.717, 1.165) is 49.1 Å². The monoisotopic (exact) mass is 502 g/mol. The summed E-state index contributed by atoms with van der Waals surface area (Å²) in [4.78, 5) is 45.8. The molecule has 2 aromatic rings. The number of alkyl halides is 3. The zero-order chi connectivity index (χ0) is 25.5. The second-order valence-corrected chi connectivity index (χ2v) is 9.46. The summed E-state index contributed by atoms with van der Waals surface area (Å²) in [6.07, 6.45) is 2.64. The molecule has 0 unspecified atom stereocenters. The average molecular weight is 502 g/mol. The maximum absolute atomic E-state index is 13.3. The number of carbonyl (C=O) groups excluding carboxylic acids is 3. The van der Waals surface area contributed by atoms with Crippen molar-refractivity contribution in [2.24, 2.45) is 5.92 Å². The number of rotatable bonds is 6. The van der Waals surface area contributed by atoms with Crippen molar-refractivity contribution in [2.45, 2.75) is 63.4 Å². The quantitative estimate of drug-likeness (QED) is 0.562. The lowest BCUT2D eigenvalue weighted by atomic mass is 9.89. The van der Waals surface area contributed by atoms with E-state index in [1.54, 1.807) is 18.3 Å². The van der Waals surface area contributed by atoms with Crippen LogP contribution in [0.25, 0.3) is 0 Å². The van der Waals surface area contributed by atoms with Gasteiger partial charge in [-0.3, -0.25) is 9.59 Å². The van der Waals surface area contributed by atoms with Gasteiger partial charge in [-0.25, -0.2) is 14.7 Å². The Labute approximate surface area is 205 Å². The second-order valence-electron chi connectivity index (χ2n) is 9.46. The van der Waals surface area contributed by atoms with Gasteiger partial charge in [0, 0.05) is 18.7 Å². The fraction of sp³-hybridized carbons (Fsp3) is 0.440. The molecule has 1 spiro atoms. The van der Waals surface area contributed by atoms with E-state index in [4.69, 9.17) is 0 Å². The maximum atomic E-state index is 13.3. The molecule has 5 rings (SSSR count). The molecule has 3 fully saturated rings. The molecule has 3 aliphatic rings. The van der Waals surface area contributed by atoms with Gasteiger partial charge in [0.25, 0.3) is 5.91 Å². The van der Waals surface area contributed by atoms with Crippen LogP contribution in [0.2, 0.25) is 0 Å². The number of urea groups is 1. The third-order valence-electron chi connectivity index (χ3n) is 6.98. The van der Waals surface area contributed by atoms with Gasteiger partial charge in [-0.1, -0.05) is 19.3 Å². The van der Waals surface area contributed by atoms with Gasteiger partial charge in [0.2, 0.25) is 5.91 Å². The van der Waals surface area contributed by atoms with Crippen LogP contribution in [0.3, 0.4) is 0 Å².